The molecule has 2 N–H and O–H groups in total. The van der Waals surface area contributed by atoms with Crippen LogP contribution in [0.25, 0.3) is 10.9 Å². The predicted octanol–water partition coefficient (Wildman–Crippen LogP) is 3.97. The van der Waals surface area contributed by atoms with Gasteiger partial charge >= 0.3 is 0 Å². The fourth-order valence-electron chi connectivity index (χ4n) is 5.73. The zero-order valence-electron chi connectivity index (χ0n) is 17.4. The Labute approximate surface area is 172 Å². The van der Waals surface area contributed by atoms with Gasteiger partial charge in [0, 0.05) is 30.6 Å². The maximum Gasteiger partial charge on any atom is 0.255 e. The van der Waals surface area contributed by atoms with Crippen LogP contribution in [0.3, 0.4) is 0 Å². The number of ether oxygens (including phenoxy) is 1. The highest BCUT2D eigenvalue weighted by atomic mass is 16.5. The first-order valence-corrected chi connectivity index (χ1v) is 11.4. The van der Waals surface area contributed by atoms with Crippen LogP contribution in [0.2, 0.25) is 0 Å². The third-order valence-corrected chi connectivity index (χ3v) is 7.34. The summed E-state index contributed by atoms with van der Waals surface area (Å²) in [5.74, 6) is 0.118. The lowest BCUT2D eigenvalue weighted by molar-refractivity contribution is -0.179. The molecular formula is C24H32N2O3. The van der Waals surface area contributed by atoms with Crippen molar-refractivity contribution >= 4 is 16.8 Å². The Hall–Kier alpha value is -1.85. The van der Waals surface area contributed by atoms with Gasteiger partial charge in [-0.3, -0.25) is 4.79 Å². The highest BCUT2D eigenvalue weighted by Crippen LogP contribution is 2.39. The van der Waals surface area contributed by atoms with Crippen LogP contribution in [0.5, 0.6) is 0 Å². The number of H-pyrrole nitrogens is 1. The van der Waals surface area contributed by atoms with E-state index in [2.05, 4.69) is 18.0 Å². The maximum absolute atomic E-state index is 13.4. The van der Waals surface area contributed by atoms with Crippen LogP contribution in [0.4, 0.5) is 0 Å². The van der Waals surface area contributed by atoms with Crippen molar-refractivity contribution in [2.24, 2.45) is 0 Å². The molecule has 2 aliphatic heterocycles. The molecule has 1 aromatic carbocycles. The number of carbonyl (C=O) groups is 1. The highest BCUT2D eigenvalue weighted by molar-refractivity contribution is 6.06. The van der Waals surface area contributed by atoms with Crippen LogP contribution >= 0.6 is 0 Å². The third-order valence-electron chi connectivity index (χ3n) is 7.34. The number of likely N-dealkylation sites (tertiary alicyclic amines) is 1. The number of amides is 1. The van der Waals surface area contributed by atoms with Crippen LogP contribution in [0, 0.1) is 0 Å². The van der Waals surface area contributed by atoms with Crippen LogP contribution in [0.15, 0.2) is 18.2 Å². The number of aromatic amines is 1. The molecule has 5 heteroatoms. The molecule has 3 aliphatic rings. The quantitative estimate of drug-likeness (QED) is 0.807. The topological polar surface area (TPSA) is 65.6 Å². The zero-order chi connectivity index (χ0) is 20.0. The summed E-state index contributed by atoms with van der Waals surface area (Å²) in [4.78, 5) is 19.0. The van der Waals surface area contributed by atoms with E-state index in [1.165, 1.54) is 29.5 Å². The second-order valence-electron chi connectivity index (χ2n) is 9.23. The monoisotopic (exact) mass is 396 g/mol. The summed E-state index contributed by atoms with van der Waals surface area (Å²) in [6.45, 7) is 3.50. The van der Waals surface area contributed by atoms with Gasteiger partial charge < -0.3 is 19.7 Å². The van der Waals surface area contributed by atoms with Gasteiger partial charge in [0.15, 0.2) is 0 Å². The summed E-state index contributed by atoms with van der Waals surface area (Å²) in [7, 11) is 0. The lowest BCUT2D eigenvalue weighted by Gasteiger charge is -2.47. The van der Waals surface area contributed by atoms with Crippen molar-refractivity contribution < 1.29 is 14.6 Å². The molecule has 1 amide bonds. The van der Waals surface area contributed by atoms with Gasteiger partial charge in [0.2, 0.25) is 0 Å². The molecule has 0 unspecified atom stereocenters. The van der Waals surface area contributed by atoms with Crippen molar-refractivity contribution in [2.75, 3.05) is 13.1 Å². The molecule has 2 saturated heterocycles. The van der Waals surface area contributed by atoms with E-state index < -0.39 is 0 Å². The third kappa shape index (κ3) is 3.38. The number of nitrogens with zero attached hydrogens (tertiary/aromatic N) is 1. The number of piperidine rings is 1. The molecule has 5 rings (SSSR count). The van der Waals surface area contributed by atoms with Crippen molar-refractivity contribution in [3.63, 3.8) is 0 Å². The molecule has 0 saturated carbocycles. The average molecular weight is 397 g/mol. The van der Waals surface area contributed by atoms with E-state index in [1.807, 2.05) is 17.0 Å². The van der Waals surface area contributed by atoms with E-state index in [9.17, 15) is 9.90 Å². The van der Waals surface area contributed by atoms with Gasteiger partial charge in [-0.1, -0.05) is 19.1 Å². The first-order valence-electron chi connectivity index (χ1n) is 11.4. The highest BCUT2D eigenvalue weighted by Gasteiger charge is 2.43. The molecule has 0 bridgehead atoms. The Morgan fingerprint density at radius 2 is 2.07 bits per heavy atom. The van der Waals surface area contributed by atoms with Gasteiger partial charge in [-0.25, -0.2) is 0 Å². The lowest BCUT2D eigenvalue weighted by atomic mass is 9.81. The summed E-state index contributed by atoms with van der Waals surface area (Å²) in [6.07, 6.45) is 8.49. The van der Waals surface area contributed by atoms with E-state index in [4.69, 9.17) is 4.74 Å². The SMILES string of the molecule is CC[C@H]1C[C@@H](O)CC2(CCN(C(=O)c3cccc4c5c([nH]c34)CCCC5)CC2)O1. The smallest absolute Gasteiger partial charge is 0.255 e. The molecule has 2 aromatic rings. The van der Waals surface area contributed by atoms with Crippen molar-refractivity contribution in [3.8, 4) is 0 Å². The number of para-hydroxylation sites is 1. The number of aliphatic hydroxyl groups excluding tert-OH is 1. The van der Waals surface area contributed by atoms with E-state index >= 15 is 0 Å². The first-order chi connectivity index (χ1) is 14.1. The Kier molecular flexibility index (Phi) is 4.91. The Bertz CT molecular complexity index is 910. The number of benzene rings is 1. The first kappa shape index (κ1) is 19.1. The van der Waals surface area contributed by atoms with Crippen LogP contribution < -0.4 is 0 Å². The molecule has 29 heavy (non-hydrogen) atoms. The normalized spacial score (nSPS) is 26.6. The Morgan fingerprint density at radius 3 is 2.86 bits per heavy atom. The summed E-state index contributed by atoms with van der Waals surface area (Å²) in [5, 5.41) is 11.5. The number of fused-ring (bicyclic) bond motifs is 3. The number of nitrogens with one attached hydrogen (secondary N) is 1. The van der Waals surface area contributed by atoms with Crippen LogP contribution in [0.1, 0.15) is 73.5 Å². The zero-order valence-corrected chi connectivity index (χ0v) is 17.4. The average Bonchev–Trinajstić information content (AvgIpc) is 3.12. The molecule has 5 nitrogen and oxygen atoms in total. The molecular weight excluding hydrogens is 364 g/mol. The molecule has 1 aliphatic carbocycles. The summed E-state index contributed by atoms with van der Waals surface area (Å²) < 4.78 is 6.39. The minimum absolute atomic E-state index is 0.118. The number of aromatic nitrogens is 1. The van der Waals surface area contributed by atoms with E-state index in [-0.39, 0.29) is 23.7 Å². The Balaban J connectivity index is 1.35. The summed E-state index contributed by atoms with van der Waals surface area (Å²) in [5.41, 5.74) is 4.28. The van der Waals surface area contributed by atoms with Gasteiger partial charge in [-0.15, -0.1) is 0 Å². The molecule has 2 fully saturated rings. The van der Waals surface area contributed by atoms with E-state index in [0.29, 0.717) is 19.5 Å². The number of aliphatic hydroxyl groups is 1. The van der Waals surface area contributed by atoms with Gasteiger partial charge in [-0.2, -0.15) is 0 Å². The fraction of sp³-hybridized carbons (Fsp3) is 0.625. The van der Waals surface area contributed by atoms with Crippen LogP contribution in [-0.2, 0) is 17.6 Å². The van der Waals surface area contributed by atoms with Crippen LogP contribution in [-0.4, -0.2) is 51.8 Å². The fourth-order valence-corrected chi connectivity index (χ4v) is 5.73. The number of hydrogen-bond donors (Lipinski definition) is 2. The van der Waals surface area contributed by atoms with Gasteiger partial charge in [0.1, 0.15) is 0 Å². The maximum atomic E-state index is 13.4. The lowest BCUT2D eigenvalue weighted by Crippen LogP contribution is -2.53. The van der Waals surface area contributed by atoms with Gasteiger partial charge in [-0.05, 0) is 63.0 Å². The minimum atomic E-state index is -0.282. The van der Waals surface area contributed by atoms with Gasteiger partial charge in [0.05, 0.1) is 28.9 Å². The second kappa shape index (κ2) is 7.44. The number of rotatable bonds is 2. The largest absolute Gasteiger partial charge is 0.393 e. The molecule has 156 valence electrons. The van der Waals surface area contributed by atoms with Crippen molar-refractivity contribution in [1.82, 2.24) is 9.88 Å². The van der Waals surface area contributed by atoms with Gasteiger partial charge in [0.25, 0.3) is 5.91 Å². The molecule has 0 radical (unpaired) electrons. The van der Waals surface area contributed by atoms with Crippen molar-refractivity contribution in [3.05, 3.63) is 35.0 Å². The Morgan fingerprint density at radius 1 is 1.28 bits per heavy atom. The van der Waals surface area contributed by atoms with Crippen molar-refractivity contribution in [1.29, 1.82) is 0 Å². The number of hydrogen-bond acceptors (Lipinski definition) is 3. The molecule has 2 atom stereocenters. The second-order valence-corrected chi connectivity index (χ2v) is 9.23. The summed E-state index contributed by atoms with van der Waals surface area (Å²) in [6, 6.07) is 6.14. The number of carbonyl (C=O) groups excluding carboxylic acids is 1. The molecule has 1 aromatic heterocycles. The predicted molar refractivity (Wildman–Crippen MR) is 113 cm³/mol. The van der Waals surface area contributed by atoms with E-state index in [0.717, 1.165) is 49.6 Å². The molecule has 1 spiro atoms. The summed E-state index contributed by atoms with van der Waals surface area (Å²) >= 11 is 0. The number of aryl methyl sites for hydroxylation is 2. The minimum Gasteiger partial charge on any atom is -0.393 e. The molecule has 3 heterocycles. The standard InChI is InChI=1S/C24H32N2O3/c1-2-17-14-16(27)15-24(29-17)10-12-26(13-11-24)23(28)20-8-5-7-19-18-6-3-4-9-21(18)25-22(19)20/h5,7-8,16-17,25,27H,2-4,6,9-15H2,1H3/t16-,17+/m1/s1. The van der Waals surface area contributed by atoms with Crippen molar-refractivity contribution in [2.45, 2.75) is 82.5 Å². The van der Waals surface area contributed by atoms with E-state index in [1.54, 1.807) is 0 Å².